The molecular weight excluding hydrogens is 254 g/mol. The van der Waals surface area contributed by atoms with Gasteiger partial charge < -0.3 is 15.0 Å². The van der Waals surface area contributed by atoms with Gasteiger partial charge in [-0.15, -0.1) is 0 Å². The molecular formula is C15H21N3O2. The van der Waals surface area contributed by atoms with E-state index in [4.69, 9.17) is 4.74 Å². The van der Waals surface area contributed by atoms with Crippen LogP contribution in [0.1, 0.15) is 18.9 Å². The summed E-state index contributed by atoms with van der Waals surface area (Å²) < 4.78 is 5.47. The van der Waals surface area contributed by atoms with Crippen LogP contribution >= 0.6 is 0 Å². The van der Waals surface area contributed by atoms with Crippen LogP contribution in [-0.4, -0.2) is 44.8 Å². The monoisotopic (exact) mass is 275 g/mol. The zero-order valence-electron chi connectivity index (χ0n) is 12.4. The molecule has 3 rings (SSSR count). The number of nitrogens with one attached hydrogen (secondary N) is 1. The van der Waals surface area contributed by atoms with Crippen LogP contribution in [0.25, 0.3) is 0 Å². The first kappa shape index (κ1) is 13.2. The van der Waals surface area contributed by atoms with Gasteiger partial charge in [-0.3, -0.25) is 4.90 Å². The second kappa shape index (κ2) is 4.38. The molecule has 0 saturated carbocycles. The summed E-state index contributed by atoms with van der Waals surface area (Å²) >= 11 is 0. The van der Waals surface area contributed by atoms with Crippen LogP contribution < -0.4 is 15.0 Å². The Kier molecular flexibility index (Phi) is 2.90. The van der Waals surface area contributed by atoms with Gasteiger partial charge in [0.2, 0.25) is 0 Å². The number of ether oxygens (including phenoxy) is 1. The number of carbonyl (C=O) groups is 1. The molecule has 1 fully saturated rings. The Hall–Kier alpha value is -1.75. The number of hydrogen-bond donors (Lipinski definition) is 1. The highest BCUT2D eigenvalue weighted by Gasteiger charge is 2.53. The molecule has 2 aliphatic rings. The molecule has 0 bridgehead atoms. The van der Waals surface area contributed by atoms with Gasteiger partial charge in [-0.05, 0) is 25.6 Å². The Balaban J connectivity index is 2.10. The fraction of sp³-hybridized carbons (Fsp3) is 0.533. The third-order valence-electron chi connectivity index (χ3n) is 4.70. The number of nitrogens with zero attached hydrogens (tertiary/aromatic N) is 2. The van der Waals surface area contributed by atoms with Gasteiger partial charge >= 0.3 is 6.09 Å². The van der Waals surface area contributed by atoms with E-state index in [9.17, 15) is 4.79 Å². The van der Waals surface area contributed by atoms with Crippen LogP contribution in [0, 0.1) is 0 Å². The average Bonchev–Trinajstić information content (AvgIpc) is 2.85. The predicted molar refractivity (Wildman–Crippen MR) is 78.3 cm³/mol. The van der Waals surface area contributed by atoms with Gasteiger partial charge in [-0.25, -0.2) is 4.79 Å². The molecule has 2 heterocycles. The maximum atomic E-state index is 11.6. The third-order valence-corrected chi connectivity index (χ3v) is 4.70. The van der Waals surface area contributed by atoms with Crippen molar-refractivity contribution in [1.82, 2.24) is 10.2 Å². The molecule has 5 nitrogen and oxygen atoms in total. The van der Waals surface area contributed by atoms with E-state index in [0.717, 1.165) is 24.2 Å². The van der Waals surface area contributed by atoms with Crippen LogP contribution in [0.4, 0.5) is 10.5 Å². The van der Waals surface area contributed by atoms with Gasteiger partial charge in [0, 0.05) is 37.3 Å². The maximum Gasteiger partial charge on any atom is 0.412 e. The summed E-state index contributed by atoms with van der Waals surface area (Å²) in [6.45, 7) is 3.32. The maximum absolute atomic E-state index is 11.6. The first-order valence-electron chi connectivity index (χ1n) is 6.95. The van der Waals surface area contributed by atoms with Crippen molar-refractivity contribution in [3.63, 3.8) is 0 Å². The Morgan fingerprint density at radius 2 is 2.20 bits per heavy atom. The standard InChI is InChI=1S/C15H21N3O2/c1-15-8-9-17(3)13(15)18(4)10-6-5-7-11(12(10)15)20-14(19)16-2/h5-7,13H,8-9H2,1-4H3,(H,16,19)/t13-,15-/m0/s1. The number of fused-ring (bicyclic) bond motifs is 3. The molecule has 0 aromatic heterocycles. The lowest BCUT2D eigenvalue weighted by atomic mass is 9.81. The molecule has 1 aromatic carbocycles. The minimum Gasteiger partial charge on any atom is -0.410 e. The molecule has 2 aliphatic heterocycles. The molecule has 1 N–H and O–H groups in total. The van der Waals surface area contributed by atoms with E-state index < -0.39 is 6.09 Å². The molecule has 1 aromatic rings. The summed E-state index contributed by atoms with van der Waals surface area (Å²) in [4.78, 5) is 16.2. The fourth-order valence-electron chi connectivity index (χ4n) is 3.88. The number of amides is 1. The second-order valence-electron chi connectivity index (χ2n) is 5.92. The number of likely N-dealkylation sites (tertiary alicyclic amines) is 1. The minimum atomic E-state index is -0.417. The lowest BCUT2D eigenvalue weighted by Crippen LogP contribution is -2.45. The quantitative estimate of drug-likeness (QED) is 0.848. The topological polar surface area (TPSA) is 44.8 Å². The first-order chi connectivity index (χ1) is 9.49. The number of carbonyl (C=O) groups excluding carboxylic acids is 1. The fourth-order valence-corrected chi connectivity index (χ4v) is 3.88. The van der Waals surface area contributed by atoms with Crippen molar-refractivity contribution in [2.75, 3.05) is 32.6 Å². The van der Waals surface area contributed by atoms with E-state index in [1.54, 1.807) is 7.05 Å². The van der Waals surface area contributed by atoms with E-state index in [2.05, 4.69) is 42.2 Å². The smallest absolute Gasteiger partial charge is 0.410 e. The lowest BCUT2D eigenvalue weighted by Gasteiger charge is -2.32. The molecule has 1 saturated heterocycles. The summed E-state index contributed by atoms with van der Waals surface area (Å²) in [5.74, 6) is 0.675. The Morgan fingerprint density at radius 3 is 2.90 bits per heavy atom. The molecule has 5 heteroatoms. The van der Waals surface area contributed by atoms with Crippen molar-refractivity contribution in [2.24, 2.45) is 0 Å². The summed E-state index contributed by atoms with van der Waals surface area (Å²) in [5.41, 5.74) is 2.31. The van der Waals surface area contributed by atoms with Gasteiger partial charge in [-0.2, -0.15) is 0 Å². The van der Waals surface area contributed by atoms with Gasteiger partial charge in [0.15, 0.2) is 0 Å². The third kappa shape index (κ3) is 1.62. The highest BCUT2D eigenvalue weighted by molar-refractivity contribution is 5.75. The van der Waals surface area contributed by atoms with Crippen molar-refractivity contribution in [3.8, 4) is 5.75 Å². The summed E-state index contributed by atoms with van der Waals surface area (Å²) in [5, 5.41) is 2.51. The van der Waals surface area contributed by atoms with Gasteiger partial charge in [-0.1, -0.05) is 13.0 Å². The van der Waals surface area contributed by atoms with E-state index in [0.29, 0.717) is 11.9 Å². The SMILES string of the molecule is CNC(=O)Oc1cccc2c1[C@]1(C)CCN(C)[C@H]1N2C. The van der Waals surface area contributed by atoms with Crippen molar-refractivity contribution >= 4 is 11.8 Å². The van der Waals surface area contributed by atoms with Crippen LogP contribution in [0.15, 0.2) is 18.2 Å². The first-order valence-corrected chi connectivity index (χ1v) is 6.95. The van der Waals surface area contributed by atoms with Crippen molar-refractivity contribution in [3.05, 3.63) is 23.8 Å². The summed E-state index contributed by atoms with van der Waals surface area (Å²) in [6, 6.07) is 5.93. The van der Waals surface area contributed by atoms with Crippen LogP contribution in [0.3, 0.4) is 0 Å². The van der Waals surface area contributed by atoms with E-state index in [1.807, 2.05) is 12.1 Å². The highest BCUT2D eigenvalue weighted by Crippen LogP contribution is 2.54. The number of benzene rings is 1. The number of hydrogen-bond acceptors (Lipinski definition) is 4. The molecule has 1 amide bonds. The molecule has 0 radical (unpaired) electrons. The zero-order chi connectivity index (χ0) is 14.5. The van der Waals surface area contributed by atoms with Gasteiger partial charge in [0.25, 0.3) is 0 Å². The van der Waals surface area contributed by atoms with Gasteiger partial charge in [0.1, 0.15) is 5.75 Å². The zero-order valence-corrected chi connectivity index (χ0v) is 12.4. The van der Waals surface area contributed by atoms with Crippen molar-refractivity contribution in [1.29, 1.82) is 0 Å². The number of rotatable bonds is 1. The molecule has 20 heavy (non-hydrogen) atoms. The Morgan fingerprint density at radius 1 is 1.45 bits per heavy atom. The highest BCUT2D eigenvalue weighted by atomic mass is 16.6. The van der Waals surface area contributed by atoms with E-state index >= 15 is 0 Å². The number of anilines is 1. The van der Waals surface area contributed by atoms with E-state index in [-0.39, 0.29) is 5.41 Å². The predicted octanol–water partition coefficient (Wildman–Crippen LogP) is 1.77. The molecule has 2 atom stereocenters. The lowest BCUT2D eigenvalue weighted by molar-refractivity contribution is 0.201. The largest absolute Gasteiger partial charge is 0.412 e. The average molecular weight is 275 g/mol. The minimum absolute atomic E-state index is 0.00342. The molecule has 0 unspecified atom stereocenters. The van der Waals surface area contributed by atoms with Crippen LogP contribution in [0.5, 0.6) is 5.75 Å². The number of likely N-dealkylation sites (N-methyl/N-ethyl adjacent to an activating group) is 2. The Labute approximate surface area is 119 Å². The van der Waals surface area contributed by atoms with Crippen LogP contribution in [-0.2, 0) is 5.41 Å². The van der Waals surface area contributed by atoms with E-state index in [1.165, 1.54) is 0 Å². The van der Waals surface area contributed by atoms with Crippen molar-refractivity contribution < 1.29 is 9.53 Å². The summed E-state index contributed by atoms with van der Waals surface area (Å²) in [6.07, 6.45) is 0.978. The summed E-state index contributed by atoms with van der Waals surface area (Å²) in [7, 11) is 5.84. The van der Waals surface area contributed by atoms with Crippen molar-refractivity contribution in [2.45, 2.75) is 24.9 Å². The molecule has 0 aliphatic carbocycles. The normalized spacial score (nSPS) is 28.2. The molecule has 0 spiro atoms. The van der Waals surface area contributed by atoms with Crippen LogP contribution in [0.2, 0.25) is 0 Å². The Bertz CT molecular complexity index is 560. The second-order valence-corrected chi connectivity index (χ2v) is 5.92. The molecule has 108 valence electrons. The van der Waals surface area contributed by atoms with Gasteiger partial charge in [0.05, 0.1) is 6.17 Å².